The van der Waals surface area contributed by atoms with E-state index in [0.717, 1.165) is 30.2 Å². The van der Waals surface area contributed by atoms with Crippen molar-refractivity contribution in [3.8, 4) is 0 Å². The maximum absolute atomic E-state index is 13.4. The smallest absolute Gasteiger partial charge is 0.280 e. The van der Waals surface area contributed by atoms with E-state index in [1.165, 1.54) is 23.5 Å². The van der Waals surface area contributed by atoms with Crippen molar-refractivity contribution in [3.05, 3.63) is 42.0 Å². The predicted octanol–water partition coefficient (Wildman–Crippen LogP) is 2.57. The van der Waals surface area contributed by atoms with Gasteiger partial charge in [-0.05, 0) is 50.6 Å². The van der Waals surface area contributed by atoms with Crippen LogP contribution in [-0.2, 0) is 24.2 Å². The van der Waals surface area contributed by atoms with E-state index in [1.54, 1.807) is 12.1 Å². The lowest BCUT2D eigenvalue weighted by Crippen LogP contribution is -2.29. The third kappa shape index (κ3) is 5.62. The number of benzene rings is 1. The Bertz CT molecular complexity index is 1500. The minimum atomic E-state index is -3.34. The minimum Gasteiger partial charge on any atom is -0.389 e. The number of likely N-dealkylation sites (N-methyl/N-ethyl adjacent to an activating group) is 1. The van der Waals surface area contributed by atoms with E-state index in [4.69, 9.17) is 14.6 Å². The number of amides is 1. The Balaban J connectivity index is 1.22. The average molecular weight is 571 g/mol. The van der Waals surface area contributed by atoms with Crippen molar-refractivity contribution >= 4 is 54.1 Å². The summed E-state index contributed by atoms with van der Waals surface area (Å²) in [5.41, 5.74) is 1.16. The second-order valence-corrected chi connectivity index (χ2v) is 13.2. The Morgan fingerprint density at radius 2 is 1.95 bits per heavy atom. The monoisotopic (exact) mass is 570 g/mol. The maximum Gasteiger partial charge on any atom is 0.280 e. The van der Waals surface area contributed by atoms with Crippen molar-refractivity contribution in [2.24, 2.45) is 5.16 Å². The number of sulfone groups is 1. The number of hydrogen-bond acceptors (Lipinski definition) is 11. The summed E-state index contributed by atoms with van der Waals surface area (Å²) in [7, 11) is -1.37. The fraction of sp³-hybridized carbons (Fsp3) is 0.462. The highest BCUT2D eigenvalue weighted by Crippen LogP contribution is 2.33. The third-order valence-electron chi connectivity index (χ3n) is 7.20. The quantitative estimate of drug-likeness (QED) is 0.294. The lowest BCUT2D eigenvalue weighted by molar-refractivity contribution is -0.110. The molecule has 2 aliphatic heterocycles. The zero-order valence-electron chi connectivity index (χ0n) is 21.5. The summed E-state index contributed by atoms with van der Waals surface area (Å²) in [5.74, 6) is 0.375. The molecule has 2 atom stereocenters. The van der Waals surface area contributed by atoms with E-state index < -0.39 is 15.7 Å². The SMILES string of the molecule is CNC1CCN(c2ccc3nc(NC(=O)/C(=N/O[C@@H]4CCOC4)c4ccc(S(=O)(=O)C5CC5)cc4)sc3n2)C1. The molecule has 1 unspecified atom stereocenters. The fourth-order valence-electron chi connectivity index (χ4n) is 4.72. The number of hydrogen-bond donors (Lipinski definition) is 2. The molecule has 0 spiro atoms. The number of ether oxygens (including phenoxy) is 1. The topological polar surface area (TPSA) is 135 Å². The summed E-state index contributed by atoms with van der Waals surface area (Å²) in [5, 5.41) is 10.4. The first kappa shape index (κ1) is 26.1. The molecule has 1 aliphatic carbocycles. The van der Waals surface area contributed by atoms with Crippen LogP contribution < -0.4 is 15.5 Å². The molecule has 39 heavy (non-hydrogen) atoms. The lowest BCUT2D eigenvalue weighted by Gasteiger charge is -2.16. The Morgan fingerprint density at radius 1 is 1.13 bits per heavy atom. The van der Waals surface area contributed by atoms with Crippen LogP contribution >= 0.6 is 11.3 Å². The summed E-state index contributed by atoms with van der Waals surface area (Å²) >= 11 is 1.29. The highest BCUT2D eigenvalue weighted by atomic mass is 32.2. The van der Waals surface area contributed by atoms with Crippen LogP contribution in [0.25, 0.3) is 10.3 Å². The molecule has 2 aromatic heterocycles. The third-order valence-corrected chi connectivity index (χ3v) is 10.4. The normalized spacial score (nSPS) is 22.0. The number of rotatable bonds is 9. The molecule has 11 nitrogen and oxygen atoms in total. The van der Waals surface area contributed by atoms with E-state index in [9.17, 15) is 13.2 Å². The Labute approximate surface area is 230 Å². The number of anilines is 2. The summed E-state index contributed by atoms with van der Waals surface area (Å²) < 4.78 is 30.6. The van der Waals surface area contributed by atoms with Gasteiger partial charge in [-0.15, -0.1) is 0 Å². The molecule has 0 radical (unpaired) electrons. The molecule has 0 bridgehead atoms. The second kappa shape index (κ2) is 10.8. The highest BCUT2D eigenvalue weighted by Gasteiger charge is 2.37. The zero-order chi connectivity index (χ0) is 27.0. The van der Waals surface area contributed by atoms with Gasteiger partial charge in [-0.1, -0.05) is 28.6 Å². The van der Waals surface area contributed by atoms with E-state index >= 15 is 0 Å². The van der Waals surface area contributed by atoms with Crippen LogP contribution in [0.3, 0.4) is 0 Å². The van der Waals surface area contributed by atoms with E-state index in [0.29, 0.717) is 54.7 Å². The molecule has 1 aromatic carbocycles. The molecule has 1 amide bonds. The summed E-state index contributed by atoms with van der Waals surface area (Å²) in [4.78, 5) is 31.5. The number of aromatic nitrogens is 2. The molecule has 3 fully saturated rings. The summed E-state index contributed by atoms with van der Waals surface area (Å²) in [6, 6.07) is 10.5. The highest BCUT2D eigenvalue weighted by molar-refractivity contribution is 7.92. The molecular weight excluding hydrogens is 540 g/mol. The number of thiazole rings is 1. The number of oxime groups is 1. The summed E-state index contributed by atoms with van der Waals surface area (Å²) in [6.45, 7) is 2.79. The van der Waals surface area contributed by atoms with Crippen LogP contribution in [0.5, 0.6) is 0 Å². The van der Waals surface area contributed by atoms with Crippen molar-refractivity contribution in [2.45, 2.75) is 48.0 Å². The molecule has 4 heterocycles. The van der Waals surface area contributed by atoms with Gasteiger partial charge in [-0.3, -0.25) is 10.1 Å². The standard InChI is InChI=1S/C26H30N6O5S2/c1-27-17-10-12-32(14-17)22-9-8-21-25(29-22)38-26(28-21)30-24(33)23(31-37-18-11-13-36-15-18)16-2-4-19(5-3-16)39(34,35)20-6-7-20/h2-5,8-9,17-18,20,27H,6-7,10-15H2,1H3,(H,28,30,33)/b31-23+/t17?,18-/m1/s1. The minimum absolute atomic E-state index is 0.0281. The van der Waals surface area contributed by atoms with Gasteiger partial charge in [0.25, 0.3) is 5.91 Å². The van der Waals surface area contributed by atoms with Gasteiger partial charge in [0, 0.05) is 31.1 Å². The Morgan fingerprint density at radius 3 is 2.64 bits per heavy atom. The number of nitrogens with one attached hydrogen (secondary N) is 2. The van der Waals surface area contributed by atoms with Gasteiger partial charge in [0.1, 0.15) is 16.2 Å². The van der Waals surface area contributed by atoms with Gasteiger partial charge in [0.15, 0.2) is 26.8 Å². The van der Waals surface area contributed by atoms with E-state index in [-0.39, 0.29) is 22.0 Å². The van der Waals surface area contributed by atoms with Crippen LogP contribution in [0, 0.1) is 0 Å². The summed E-state index contributed by atoms with van der Waals surface area (Å²) in [6.07, 6.45) is 2.85. The molecule has 1 saturated carbocycles. The average Bonchev–Trinajstić information content (AvgIpc) is 3.31. The first-order valence-corrected chi connectivity index (χ1v) is 15.4. The van der Waals surface area contributed by atoms with E-state index in [1.807, 2.05) is 19.2 Å². The van der Waals surface area contributed by atoms with Crippen LogP contribution in [0.1, 0.15) is 31.2 Å². The number of nitrogens with zero attached hydrogens (tertiary/aromatic N) is 4. The van der Waals surface area contributed by atoms with Crippen molar-refractivity contribution < 1.29 is 22.8 Å². The van der Waals surface area contributed by atoms with Gasteiger partial charge in [-0.2, -0.15) is 0 Å². The molecule has 13 heteroatoms. The van der Waals surface area contributed by atoms with Gasteiger partial charge in [0.05, 0.1) is 23.4 Å². The van der Waals surface area contributed by atoms with Crippen molar-refractivity contribution in [1.29, 1.82) is 0 Å². The van der Waals surface area contributed by atoms with Crippen LogP contribution in [0.4, 0.5) is 10.9 Å². The fourth-order valence-corrected chi connectivity index (χ4v) is 7.20. The van der Waals surface area contributed by atoms with Crippen molar-refractivity contribution in [1.82, 2.24) is 15.3 Å². The van der Waals surface area contributed by atoms with Crippen LogP contribution in [0.15, 0.2) is 46.4 Å². The van der Waals surface area contributed by atoms with Crippen LogP contribution in [0.2, 0.25) is 0 Å². The molecule has 3 aromatic rings. The largest absolute Gasteiger partial charge is 0.389 e. The van der Waals surface area contributed by atoms with Crippen molar-refractivity contribution in [3.63, 3.8) is 0 Å². The molecule has 206 valence electrons. The van der Waals surface area contributed by atoms with Gasteiger partial charge < -0.3 is 19.8 Å². The number of fused-ring (bicyclic) bond motifs is 1. The molecular formula is C26H30N6O5S2. The van der Waals surface area contributed by atoms with Crippen LogP contribution in [-0.4, -0.2) is 80.8 Å². The van der Waals surface area contributed by atoms with Crippen molar-refractivity contribution in [2.75, 3.05) is 43.6 Å². The number of carbonyl (C=O) groups excluding carboxylic acids is 1. The molecule has 6 rings (SSSR count). The number of pyridine rings is 1. The van der Waals surface area contributed by atoms with Gasteiger partial charge in [-0.25, -0.2) is 18.4 Å². The first-order valence-electron chi connectivity index (χ1n) is 13.1. The molecule has 3 aliphatic rings. The first-order chi connectivity index (χ1) is 18.9. The van der Waals surface area contributed by atoms with Gasteiger partial charge in [0.2, 0.25) is 0 Å². The number of carbonyl (C=O) groups is 1. The van der Waals surface area contributed by atoms with E-state index in [2.05, 4.69) is 25.7 Å². The predicted molar refractivity (Wildman–Crippen MR) is 149 cm³/mol. The maximum atomic E-state index is 13.4. The molecule has 2 N–H and O–H groups in total. The lowest BCUT2D eigenvalue weighted by atomic mass is 10.1. The zero-order valence-corrected chi connectivity index (χ0v) is 23.1. The molecule has 2 saturated heterocycles. The second-order valence-electron chi connectivity index (χ2n) is 9.99. The van der Waals surface area contributed by atoms with Gasteiger partial charge >= 0.3 is 0 Å². The Kier molecular flexibility index (Phi) is 7.23. The Hall–Kier alpha value is -3.13.